The zero-order valence-corrected chi connectivity index (χ0v) is 18.4. The smallest absolute Gasteiger partial charge is 0.234 e. The molecule has 1 aromatic carbocycles. The quantitative estimate of drug-likeness (QED) is 0.547. The van der Waals surface area contributed by atoms with Crippen molar-refractivity contribution in [1.29, 1.82) is 0 Å². The van der Waals surface area contributed by atoms with E-state index in [4.69, 9.17) is 9.72 Å². The van der Waals surface area contributed by atoms with Crippen LogP contribution in [0.3, 0.4) is 0 Å². The van der Waals surface area contributed by atoms with Crippen LogP contribution in [0.25, 0.3) is 10.6 Å². The third-order valence-corrected chi connectivity index (χ3v) is 7.13. The van der Waals surface area contributed by atoms with Gasteiger partial charge in [-0.05, 0) is 19.4 Å². The Hall–Kier alpha value is -1.88. The van der Waals surface area contributed by atoms with Crippen molar-refractivity contribution in [3.63, 3.8) is 0 Å². The minimum absolute atomic E-state index is 0.0152. The van der Waals surface area contributed by atoms with Gasteiger partial charge in [0.1, 0.15) is 17.2 Å². The Labute approximate surface area is 186 Å². The second kappa shape index (κ2) is 9.72. The van der Waals surface area contributed by atoms with Crippen LogP contribution in [0.2, 0.25) is 0 Å². The summed E-state index contributed by atoms with van der Waals surface area (Å²) in [4.78, 5) is 20.4. The van der Waals surface area contributed by atoms with Crippen molar-refractivity contribution in [2.24, 2.45) is 0 Å². The highest BCUT2D eigenvalue weighted by atomic mass is 32.1. The Kier molecular flexibility index (Phi) is 6.58. The summed E-state index contributed by atoms with van der Waals surface area (Å²) in [6.07, 6.45) is 1.86. The van der Waals surface area contributed by atoms with Crippen LogP contribution in [0.4, 0.5) is 0 Å². The van der Waals surface area contributed by atoms with E-state index in [1.54, 1.807) is 11.3 Å². The lowest BCUT2D eigenvalue weighted by Gasteiger charge is -2.44. The molecule has 31 heavy (non-hydrogen) atoms. The molecule has 166 valence electrons. The van der Waals surface area contributed by atoms with Crippen molar-refractivity contribution in [1.82, 2.24) is 31.2 Å². The Morgan fingerprint density at radius 2 is 2.03 bits per heavy atom. The number of carbonyl (C=O) groups is 1. The molecule has 0 spiro atoms. The van der Waals surface area contributed by atoms with E-state index in [1.807, 2.05) is 23.6 Å². The Morgan fingerprint density at radius 1 is 1.19 bits per heavy atom. The van der Waals surface area contributed by atoms with Gasteiger partial charge in [-0.25, -0.2) is 4.98 Å². The number of piperidine rings is 1. The molecular weight excluding hydrogens is 412 g/mol. The number of carbonyl (C=O) groups excluding carboxylic acids is 1. The molecular formula is C22H30N6O2S. The maximum absolute atomic E-state index is 13.3. The third kappa shape index (κ3) is 4.82. The number of nitrogens with one attached hydrogen (secondary N) is 4. The fraction of sp³-hybridized carbons (Fsp3) is 0.545. The molecule has 4 N–H and O–H groups in total. The average Bonchev–Trinajstić information content (AvgIpc) is 3.30. The predicted molar refractivity (Wildman–Crippen MR) is 121 cm³/mol. The zero-order valence-electron chi connectivity index (χ0n) is 17.5. The van der Waals surface area contributed by atoms with Crippen LogP contribution in [0.1, 0.15) is 24.5 Å². The normalized spacial score (nSPS) is 30.1. The van der Waals surface area contributed by atoms with Gasteiger partial charge < -0.3 is 15.4 Å². The number of nitrogens with zero attached hydrogens (tertiary/aromatic N) is 2. The fourth-order valence-electron chi connectivity index (χ4n) is 4.56. The number of morpholine rings is 1. The van der Waals surface area contributed by atoms with Crippen molar-refractivity contribution in [3.05, 3.63) is 41.4 Å². The Bertz CT molecular complexity index is 866. The highest BCUT2D eigenvalue weighted by molar-refractivity contribution is 7.13. The Balaban J connectivity index is 1.38. The molecule has 1 aromatic heterocycles. The van der Waals surface area contributed by atoms with Crippen molar-refractivity contribution in [2.45, 2.75) is 37.3 Å². The zero-order chi connectivity index (χ0) is 21.0. The van der Waals surface area contributed by atoms with Crippen LogP contribution in [0, 0.1) is 0 Å². The summed E-state index contributed by atoms with van der Waals surface area (Å²) < 4.78 is 5.49. The van der Waals surface area contributed by atoms with Gasteiger partial charge in [0.05, 0.1) is 25.1 Å². The third-order valence-electron chi connectivity index (χ3n) is 6.22. The van der Waals surface area contributed by atoms with E-state index in [9.17, 15) is 4.79 Å². The van der Waals surface area contributed by atoms with Gasteiger partial charge >= 0.3 is 0 Å². The second-order valence-electron chi connectivity index (χ2n) is 8.33. The van der Waals surface area contributed by atoms with E-state index in [-0.39, 0.29) is 24.3 Å². The molecule has 3 fully saturated rings. The van der Waals surface area contributed by atoms with Gasteiger partial charge in [-0.2, -0.15) is 0 Å². The highest BCUT2D eigenvalue weighted by Crippen LogP contribution is 2.30. The summed E-state index contributed by atoms with van der Waals surface area (Å²) in [6, 6.07) is 10.5. The van der Waals surface area contributed by atoms with E-state index < -0.39 is 0 Å². The Morgan fingerprint density at radius 3 is 2.81 bits per heavy atom. The summed E-state index contributed by atoms with van der Waals surface area (Å²) in [5.74, 6) is -0.366. The topological polar surface area (TPSA) is 90.6 Å². The molecule has 0 saturated carbocycles. The number of aromatic nitrogens is 1. The standard InChI is InChI=1S/C22H30N6O2S/c29-20-18(17-14-31-21(25-17)15-5-2-1-3-6-15)19(24-16-7-4-8-23-13-16)26-22(27-20)28-9-11-30-12-10-28/h1-3,5-6,14,16,18-19,22-24,26H,4,7-13H2,(H,27,29)/t16-,18?,19?,22?/m1/s1. The van der Waals surface area contributed by atoms with Gasteiger partial charge in [0.15, 0.2) is 0 Å². The van der Waals surface area contributed by atoms with E-state index >= 15 is 0 Å². The van der Waals surface area contributed by atoms with Crippen molar-refractivity contribution >= 4 is 17.2 Å². The molecule has 1 amide bonds. The maximum atomic E-state index is 13.3. The maximum Gasteiger partial charge on any atom is 0.234 e. The highest BCUT2D eigenvalue weighted by Gasteiger charge is 2.41. The minimum Gasteiger partial charge on any atom is -0.379 e. The van der Waals surface area contributed by atoms with E-state index in [0.717, 1.165) is 55.3 Å². The number of amides is 1. The number of benzene rings is 1. The van der Waals surface area contributed by atoms with Crippen LogP contribution < -0.4 is 21.3 Å². The lowest BCUT2D eigenvalue weighted by atomic mass is 9.97. The first-order valence-electron chi connectivity index (χ1n) is 11.1. The van der Waals surface area contributed by atoms with Crippen molar-refractivity contribution in [3.8, 4) is 10.6 Å². The SMILES string of the molecule is O=C1NC(N2CCOCC2)NC(N[C@@H]2CCCNC2)C1c1csc(-c2ccccc2)n1. The molecule has 3 aliphatic heterocycles. The van der Waals surface area contributed by atoms with Crippen LogP contribution in [-0.4, -0.2) is 73.7 Å². The molecule has 9 heteroatoms. The summed E-state index contributed by atoms with van der Waals surface area (Å²) in [5, 5.41) is 17.0. The summed E-state index contributed by atoms with van der Waals surface area (Å²) >= 11 is 1.59. The number of hydrogen-bond acceptors (Lipinski definition) is 8. The number of thiazole rings is 1. The molecule has 4 atom stereocenters. The molecule has 5 rings (SSSR count). The number of hydrogen-bond donors (Lipinski definition) is 4. The molecule has 3 aliphatic rings. The second-order valence-corrected chi connectivity index (χ2v) is 9.19. The average molecular weight is 443 g/mol. The van der Waals surface area contributed by atoms with Gasteiger partial charge in [0.2, 0.25) is 5.91 Å². The largest absolute Gasteiger partial charge is 0.379 e. The monoisotopic (exact) mass is 442 g/mol. The first-order valence-corrected chi connectivity index (χ1v) is 12.0. The van der Waals surface area contributed by atoms with Crippen molar-refractivity contribution in [2.75, 3.05) is 39.4 Å². The number of rotatable bonds is 5. The molecule has 0 radical (unpaired) electrons. The van der Waals surface area contributed by atoms with Crippen LogP contribution in [-0.2, 0) is 9.53 Å². The van der Waals surface area contributed by atoms with Gasteiger partial charge in [0, 0.05) is 36.6 Å². The lowest BCUT2D eigenvalue weighted by Crippen LogP contribution is -2.71. The van der Waals surface area contributed by atoms with Crippen molar-refractivity contribution < 1.29 is 9.53 Å². The van der Waals surface area contributed by atoms with Gasteiger partial charge in [0.25, 0.3) is 0 Å². The number of ether oxygens (including phenoxy) is 1. The van der Waals surface area contributed by atoms with Crippen LogP contribution in [0.15, 0.2) is 35.7 Å². The lowest BCUT2D eigenvalue weighted by molar-refractivity contribution is -0.131. The van der Waals surface area contributed by atoms with Gasteiger partial charge in [-0.15, -0.1) is 11.3 Å². The first kappa shape index (κ1) is 21.0. The van der Waals surface area contributed by atoms with E-state index in [2.05, 4.69) is 38.3 Å². The summed E-state index contributed by atoms with van der Waals surface area (Å²) in [5.41, 5.74) is 1.89. The molecule has 4 heterocycles. The molecule has 0 bridgehead atoms. The van der Waals surface area contributed by atoms with Crippen LogP contribution >= 0.6 is 11.3 Å². The molecule has 8 nitrogen and oxygen atoms in total. The van der Waals surface area contributed by atoms with Crippen LogP contribution in [0.5, 0.6) is 0 Å². The summed E-state index contributed by atoms with van der Waals surface area (Å²) in [7, 11) is 0. The van der Waals surface area contributed by atoms with E-state index in [1.165, 1.54) is 0 Å². The molecule has 3 saturated heterocycles. The first-order chi connectivity index (χ1) is 15.3. The summed E-state index contributed by atoms with van der Waals surface area (Å²) in [6.45, 7) is 4.96. The minimum atomic E-state index is -0.382. The fourth-order valence-corrected chi connectivity index (χ4v) is 5.42. The molecule has 0 aliphatic carbocycles. The van der Waals surface area contributed by atoms with Gasteiger partial charge in [-0.1, -0.05) is 30.3 Å². The molecule has 3 unspecified atom stereocenters. The predicted octanol–water partition coefficient (Wildman–Crippen LogP) is 0.897. The van der Waals surface area contributed by atoms with E-state index in [0.29, 0.717) is 19.3 Å². The molecule has 2 aromatic rings. The van der Waals surface area contributed by atoms with Gasteiger partial charge in [-0.3, -0.25) is 20.3 Å².